The van der Waals surface area contributed by atoms with E-state index in [4.69, 9.17) is 20.6 Å². The number of benzene rings is 3. The summed E-state index contributed by atoms with van der Waals surface area (Å²) in [5.74, 6) is -4.22. The Hall–Kier alpha value is -5.39. The second-order valence-electron chi connectivity index (χ2n) is 9.30. The van der Waals surface area contributed by atoms with Crippen LogP contribution in [-0.4, -0.2) is 55.8 Å². The average molecular weight is 545 g/mol. The Morgan fingerprint density at radius 3 is 2.60 bits per heavy atom. The number of hydrogen-bond acceptors (Lipinski definition) is 8. The minimum atomic E-state index is -1.41. The van der Waals surface area contributed by atoms with Crippen LogP contribution >= 0.6 is 0 Å². The summed E-state index contributed by atoms with van der Waals surface area (Å²) >= 11 is 0. The number of nitrogens with one attached hydrogen (secondary N) is 2. The lowest BCUT2D eigenvalue weighted by molar-refractivity contribution is -0.145. The number of nitrogens with two attached hydrogens (primary N) is 1. The molecule has 204 valence electrons. The standard InChI is InChI=1S/C28H24N4O8/c29-25(30)15-4-5-20-21(11-15)32-26(31-20)19-10-16(18(27(36)37)12-23(33)34)9-17(24(19)35)13-2-1-3-14(8-13)22-6-7-39-28(38)40-22/h1-5,8-11,18,22,35H,6-7,12H2,(H3,29,30)(H,31,32)(H,33,34)(H,36,37). The van der Waals surface area contributed by atoms with E-state index in [0.717, 1.165) is 0 Å². The molecule has 12 nitrogen and oxygen atoms in total. The quantitative estimate of drug-likeness (QED) is 0.106. The summed E-state index contributed by atoms with van der Waals surface area (Å²) in [4.78, 5) is 42.9. The van der Waals surface area contributed by atoms with Crippen LogP contribution in [0.4, 0.5) is 4.79 Å². The van der Waals surface area contributed by atoms with Gasteiger partial charge in [0.25, 0.3) is 0 Å². The number of carboxylic acids is 2. The fourth-order valence-corrected chi connectivity index (χ4v) is 4.69. The van der Waals surface area contributed by atoms with Crippen molar-refractivity contribution in [3.63, 3.8) is 0 Å². The highest BCUT2D eigenvalue weighted by Crippen LogP contribution is 2.42. The molecular formula is C28H24N4O8. The van der Waals surface area contributed by atoms with Crippen molar-refractivity contribution in [3.8, 4) is 28.3 Å². The molecule has 1 aliphatic heterocycles. The van der Waals surface area contributed by atoms with E-state index in [1.54, 1.807) is 42.5 Å². The number of carbonyl (C=O) groups excluding carboxylic acids is 1. The topological polar surface area (TPSA) is 209 Å². The third kappa shape index (κ3) is 5.14. The van der Waals surface area contributed by atoms with Crippen LogP contribution < -0.4 is 5.73 Å². The lowest BCUT2D eigenvalue weighted by atomic mass is 9.89. The third-order valence-electron chi connectivity index (χ3n) is 6.67. The molecule has 12 heteroatoms. The first-order valence-corrected chi connectivity index (χ1v) is 12.2. The summed E-state index contributed by atoms with van der Waals surface area (Å²) in [5.41, 5.74) is 8.73. The first-order valence-electron chi connectivity index (χ1n) is 12.2. The van der Waals surface area contributed by atoms with Gasteiger partial charge in [0.1, 0.15) is 23.5 Å². The number of ether oxygens (including phenoxy) is 2. The molecule has 1 aromatic heterocycles. The van der Waals surface area contributed by atoms with Gasteiger partial charge in [-0.05, 0) is 53.1 Å². The van der Waals surface area contributed by atoms with Crippen molar-refractivity contribution in [2.24, 2.45) is 5.73 Å². The highest BCUT2D eigenvalue weighted by atomic mass is 16.7. The van der Waals surface area contributed by atoms with Crippen LogP contribution in [0.25, 0.3) is 33.5 Å². The fourth-order valence-electron chi connectivity index (χ4n) is 4.69. The number of cyclic esters (lactones) is 2. The number of hydrogen-bond donors (Lipinski definition) is 6. The Labute approximate surface area is 226 Å². The molecule has 0 saturated carbocycles. The number of carboxylic acid groups (broad SMARTS) is 2. The van der Waals surface area contributed by atoms with Gasteiger partial charge in [0.15, 0.2) is 0 Å². The third-order valence-corrected chi connectivity index (χ3v) is 6.67. The Balaban J connectivity index is 1.68. The maximum absolute atomic E-state index is 12.1. The summed E-state index contributed by atoms with van der Waals surface area (Å²) < 4.78 is 10.1. The minimum absolute atomic E-state index is 0.141. The molecule has 7 N–H and O–H groups in total. The summed E-state index contributed by atoms with van der Waals surface area (Å²) in [6.07, 6.45) is -1.62. The van der Waals surface area contributed by atoms with E-state index in [9.17, 15) is 29.7 Å². The molecule has 5 rings (SSSR count). The lowest BCUT2D eigenvalue weighted by Crippen LogP contribution is -2.21. The number of fused-ring (bicyclic) bond motifs is 1. The smallest absolute Gasteiger partial charge is 0.507 e. The van der Waals surface area contributed by atoms with Crippen molar-refractivity contribution in [1.82, 2.24) is 9.97 Å². The lowest BCUT2D eigenvalue weighted by Gasteiger charge is -2.23. The van der Waals surface area contributed by atoms with Crippen molar-refractivity contribution in [3.05, 3.63) is 71.3 Å². The maximum atomic E-state index is 12.1. The predicted molar refractivity (Wildman–Crippen MR) is 142 cm³/mol. The minimum Gasteiger partial charge on any atom is -0.507 e. The van der Waals surface area contributed by atoms with Gasteiger partial charge in [-0.1, -0.05) is 18.2 Å². The average Bonchev–Trinajstić information content (AvgIpc) is 3.35. The number of nitrogen functional groups attached to an aromatic ring is 1. The van der Waals surface area contributed by atoms with Gasteiger partial charge in [-0.2, -0.15) is 0 Å². The van der Waals surface area contributed by atoms with E-state index in [-0.39, 0.29) is 40.7 Å². The number of phenols is 1. The van der Waals surface area contributed by atoms with Crippen molar-refractivity contribution >= 4 is 35.0 Å². The Morgan fingerprint density at radius 2 is 1.90 bits per heavy atom. The van der Waals surface area contributed by atoms with Gasteiger partial charge in [0.2, 0.25) is 0 Å². The van der Waals surface area contributed by atoms with E-state index >= 15 is 0 Å². The largest absolute Gasteiger partial charge is 0.508 e. The summed E-state index contributed by atoms with van der Waals surface area (Å²) in [7, 11) is 0. The van der Waals surface area contributed by atoms with Gasteiger partial charge >= 0.3 is 18.1 Å². The van der Waals surface area contributed by atoms with E-state index in [0.29, 0.717) is 34.1 Å². The molecule has 0 bridgehead atoms. The number of amidine groups is 1. The first kappa shape index (κ1) is 26.2. The monoisotopic (exact) mass is 544 g/mol. The molecule has 1 fully saturated rings. The van der Waals surface area contributed by atoms with Gasteiger partial charge in [-0.25, -0.2) is 9.78 Å². The Bertz CT molecular complexity index is 1680. The van der Waals surface area contributed by atoms with Crippen molar-refractivity contribution in [2.45, 2.75) is 24.9 Å². The SMILES string of the molecule is N=C(N)c1ccc2nc(-c3cc(C(CC(=O)O)C(=O)O)cc(-c4cccc(C5CCOC(=O)O5)c4)c3O)[nH]c2c1. The number of aromatic hydroxyl groups is 1. The molecule has 0 radical (unpaired) electrons. The Kier molecular flexibility index (Phi) is 6.82. The summed E-state index contributed by atoms with van der Waals surface area (Å²) in [5, 5.41) is 38.4. The molecule has 40 heavy (non-hydrogen) atoms. The van der Waals surface area contributed by atoms with Crippen LogP contribution in [0, 0.1) is 5.41 Å². The molecule has 0 aliphatic carbocycles. The van der Waals surface area contributed by atoms with Gasteiger partial charge in [-0.3, -0.25) is 15.0 Å². The molecule has 1 saturated heterocycles. The number of imidazole rings is 1. The second-order valence-corrected chi connectivity index (χ2v) is 9.30. The van der Waals surface area contributed by atoms with E-state index in [1.165, 1.54) is 12.1 Å². The number of aromatic nitrogens is 2. The van der Waals surface area contributed by atoms with Crippen molar-refractivity contribution < 1.29 is 39.2 Å². The predicted octanol–water partition coefficient (Wildman–Crippen LogP) is 4.13. The zero-order valence-electron chi connectivity index (χ0n) is 20.9. The van der Waals surface area contributed by atoms with Crippen molar-refractivity contribution in [1.29, 1.82) is 5.41 Å². The normalized spacial score (nSPS) is 15.7. The summed E-state index contributed by atoms with van der Waals surface area (Å²) in [6.45, 7) is 0.186. The van der Waals surface area contributed by atoms with Crippen LogP contribution in [0.5, 0.6) is 5.75 Å². The van der Waals surface area contributed by atoms with Gasteiger partial charge < -0.3 is 35.5 Å². The van der Waals surface area contributed by atoms with Crippen LogP contribution in [0.2, 0.25) is 0 Å². The van der Waals surface area contributed by atoms with E-state index < -0.39 is 36.5 Å². The Morgan fingerprint density at radius 1 is 1.12 bits per heavy atom. The summed E-state index contributed by atoms with van der Waals surface area (Å²) in [6, 6.07) is 14.6. The molecule has 2 heterocycles. The molecule has 3 aromatic carbocycles. The van der Waals surface area contributed by atoms with Crippen LogP contribution in [0.1, 0.15) is 41.6 Å². The van der Waals surface area contributed by atoms with Gasteiger partial charge in [-0.15, -0.1) is 0 Å². The molecule has 1 aliphatic rings. The van der Waals surface area contributed by atoms with Crippen LogP contribution in [-0.2, 0) is 19.1 Å². The number of nitrogens with zero attached hydrogens (tertiary/aromatic N) is 1. The molecule has 0 amide bonds. The zero-order chi connectivity index (χ0) is 28.6. The number of H-pyrrole nitrogens is 1. The van der Waals surface area contributed by atoms with E-state index in [2.05, 4.69) is 9.97 Å². The van der Waals surface area contributed by atoms with Crippen LogP contribution in [0.3, 0.4) is 0 Å². The highest BCUT2D eigenvalue weighted by Gasteiger charge is 2.28. The molecule has 0 spiro atoms. The number of rotatable bonds is 8. The van der Waals surface area contributed by atoms with Crippen molar-refractivity contribution in [2.75, 3.05) is 6.61 Å². The number of aromatic amines is 1. The van der Waals surface area contributed by atoms with Gasteiger partial charge in [0, 0.05) is 17.5 Å². The number of aliphatic carboxylic acids is 2. The van der Waals surface area contributed by atoms with Crippen LogP contribution in [0.15, 0.2) is 54.6 Å². The maximum Gasteiger partial charge on any atom is 0.508 e. The molecule has 4 aromatic rings. The fraction of sp³-hybridized carbons (Fsp3) is 0.179. The highest BCUT2D eigenvalue weighted by molar-refractivity contribution is 5.98. The first-order chi connectivity index (χ1) is 19.1. The van der Waals surface area contributed by atoms with Gasteiger partial charge in [0.05, 0.1) is 35.5 Å². The zero-order valence-corrected chi connectivity index (χ0v) is 20.9. The molecule has 2 atom stereocenters. The number of carbonyl (C=O) groups is 3. The molecule has 2 unspecified atom stereocenters. The number of phenolic OH excluding ortho intramolecular Hbond substituents is 1. The molecular weight excluding hydrogens is 520 g/mol. The van der Waals surface area contributed by atoms with E-state index in [1.807, 2.05) is 0 Å². The second kappa shape index (κ2) is 10.4.